The van der Waals surface area contributed by atoms with E-state index in [1.54, 1.807) is 0 Å². The van der Waals surface area contributed by atoms with Gasteiger partial charge in [0.1, 0.15) is 5.75 Å². The second kappa shape index (κ2) is 8.31. The number of nitrogens with one attached hydrogen (secondary N) is 1. The van der Waals surface area contributed by atoms with E-state index in [4.69, 9.17) is 9.88 Å². The molecule has 0 aliphatic carbocycles. The first-order valence-corrected chi connectivity index (χ1v) is 9.49. The Labute approximate surface area is 153 Å². The van der Waals surface area contributed by atoms with E-state index < -0.39 is 15.9 Å². The minimum Gasteiger partial charge on any atom is -0.496 e. The molecular formula is C18H23N3O4S. The lowest BCUT2D eigenvalue weighted by atomic mass is 10.1. The van der Waals surface area contributed by atoms with Crippen molar-refractivity contribution in [3.8, 4) is 5.75 Å². The van der Waals surface area contributed by atoms with Gasteiger partial charge in [-0.2, -0.15) is 0 Å². The summed E-state index contributed by atoms with van der Waals surface area (Å²) in [6.07, 6.45) is 0. The number of benzene rings is 2. The van der Waals surface area contributed by atoms with E-state index in [-0.39, 0.29) is 22.3 Å². The van der Waals surface area contributed by atoms with Gasteiger partial charge in [-0.25, -0.2) is 13.6 Å². The van der Waals surface area contributed by atoms with E-state index in [2.05, 4.69) is 5.32 Å². The zero-order valence-corrected chi connectivity index (χ0v) is 15.8. The fourth-order valence-electron chi connectivity index (χ4n) is 2.60. The number of nitrogens with zero attached hydrogens (tertiary/aromatic N) is 1. The van der Waals surface area contributed by atoms with E-state index in [1.807, 2.05) is 49.3 Å². The van der Waals surface area contributed by atoms with Crippen LogP contribution >= 0.6 is 0 Å². The highest BCUT2D eigenvalue weighted by molar-refractivity contribution is 7.89. The first-order chi connectivity index (χ1) is 12.2. The van der Waals surface area contributed by atoms with Crippen LogP contribution in [0.5, 0.6) is 5.75 Å². The largest absolute Gasteiger partial charge is 0.496 e. The molecule has 8 heteroatoms. The molecule has 0 bridgehead atoms. The van der Waals surface area contributed by atoms with Crippen LogP contribution in [0.3, 0.4) is 0 Å². The summed E-state index contributed by atoms with van der Waals surface area (Å²) in [6.45, 7) is 0.346. The molecule has 7 nitrogen and oxygen atoms in total. The van der Waals surface area contributed by atoms with Gasteiger partial charge in [0.15, 0.2) is 0 Å². The van der Waals surface area contributed by atoms with Crippen molar-refractivity contribution in [2.75, 3.05) is 27.7 Å². The van der Waals surface area contributed by atoms with Gasteiger partial charge < -0.3 is 15.0 Å². The molecule has 0 radical (unpaired) electrons. The van der Waals surface area contributed by atoms with Crippen molar-refractivity contribution in [3.05, 3.63) is 59.7 Å². The Morgan fingerprint density at radius 1 is 1.19 bits per heavy atom. The van der Waals surface area contributed by atoms with Crippen molar-refractivity contribution in [2.24, 2.45) is 5.14 Å². The summed E-state index contributed by atoms with van der Waals surface area (Å²) in [4.78, 5) is 14.5. The molecule has 3 N–H and O–H groups in total. The predicted molar refractivity (Wildman–Crippen MR) is 99.6 cm³/mol. The van der Waals surface area contributed by atoms with Crippen LogP contribution in [0.2, 0.25) is 0 Å². The number of carbonyl (C=O) groups is 1. The summed E-state index contributed by atoms with van der Waals surface area (Å²) in [5.41, 5.74) is 1.17. The number of methoxy groups -OCH3 is 1. The lowest BCUT2D eigenvalue weighted by molar-refractivity contribution is 0.0938. The molecule has 0 aliphatic rings. The van der Waals surface area contributed by atoms with E-state index in [0.717, 1.165) is 5.56 Å². The fourth-order valence-corrected chi connectivity index (χ4v) is 3.14. The number of rotatable bonds is 7. The molecule has 2 aromatic rings. The monoisotopic (exact) mass is 377 g/mol. The highest BCUT2D eigenvalue weighted by Gasteiger charge is 2.20. The smallest absolute Gasteiger partial charge is 0.255 e. The van der Waals surface area contributed by atoms with E-state index >= 15 is 0 Å². The fraction of sp³-hybridized carbons (Fsp3) is 0.278. The number of primary sulfonamides is 1. The van der Waals surface area contributed by atoms with Gasteiger partial charge in [0.25, 0.3) is 5.91 Å². The molecule has 1 atom stereocenters. The zero-order chi connectivity index (χ0) is 19.3. The van der Waals surface area contributed by atoms with Crippen LogP contribution in [0.25, 0.3) is 0 Å². The molecule has 0 saturated carbocycles. The van der Waals surface area contributed by atoms with E-state index in [0.29, 0.717) is 6.54 Å². The topological polar surface area (TPSA) is 102 Å². The number of sulfonamides is 1. The third-order valence-corrected chi connectivity index (χ3v) is 4.92. The molecule has 0 fully saturated rings. The number of carbonyl (C=O) groups excluding carboxylic acids is 1. The summed E-state index contributed by atoms with van der Waals surface area (Å²) >= 11 is 0. The third kappa shape index (κ3) is 4.81. The molecule has 2 aromatic carbocycles. The Kier molecular flexibility index (Phi) is 6.36. The Morgan fingerprint density at radius 3 is 2.38 bits per heavy atom. The third-order valence-electron chi connectivity index (χ3n) is 4.01. The number of amides is 1. The summed E-state index contributed by atoms with van der Waals surface area (Å²) < 4.78 is 28.3. The standard InChI is InChI=1S/C18H23N3O4S/c1-21(2)16(13-7-5-4-6-8-13)12-20-18(22)15-11-14(26(19,23)24)9-10-17(15)25-3/h4-11,16H,12H2,1-3H3,(H,20,22)(H2,19,23,24). The highest BCUT2D eigenvalue weighted by atomic mass is 32.2. The van der Waals surface area contributed by atoms with Crippen molar-refractivity contribution in [1.29, 1.82) is 0 Å². The maximum atomic E-state index is 12.6. The lowest BCUT2D eigenvalue weighted by Gasteiger charge is -2.25. The molecule has 0 saturated heterocycles. The van der Waals surface area contributed by atoms with Crippen molar-refractivity contribution in [1.82, 2.24) is 10.2 Å². The Morgan fingerprint density at radius 2 is 1.85 bits per heavy atom. The van der Waals surface area contributed by atoms with Gasteiger partial charge in [-0.05, 0) is 37.9 Å². The maximum absolute atomic E-state index is 12.6. The zero-order valence-electron chi connectivity index (χ0n) is 15.0. The first kappa shape index (κ1) is 19.9. The molecule has 0 heterocycles. The minimum absolute atomic E-state index is 0.0347. The molecule has 0 aromatic heterocycles. The highest BCUT2D eigenvalue weighted by Crippen LogP contribution is 2.22. The second-order valence-corrected chi connectivity index (χ2v) is 7.57. The summed E-state index contributed by atoms with van der Waals surface area (Å²) in [6, 6.07) is 13.7. The van der Waals surface area contributed by atoms with E-state index in [1.165, 1.54) is 25.3 Å². The van der Waals surface area contributed by atoms with Crippen LogP contribution in [0, 0.1) is 0 Å². The molecule has 0 aliphatic heterocycles. The number of hydrogen-bond acceptors (Lipinski definition) is 5. The van der Waals surface area contributed by atoms with Crippen molar-refractivity contribution < 1.29 is 17.9 Å². The van der Waals surface area contributed by atoms with Crippen LogP contribution in [-0.4, -0.2) is 47.0 Å². The quantitative estimate of drug-likeness (QED) is 0.759. The molecular weight excluding hydrogens is 354 g/mol. The first-order valence-electron chi connectivity index (χ1n) is 7.94. The van der Waals surface area contributed by atoms with Crippen LogP contribution in [0.15, 0.2) is 53.4 Å². The van der Waals surface area contributed by atoms with Gasteiger partial charge in [-0.3, -0.25) is 4.79 Å². The average molecular weight is 377 g/mol. The number of ether oxygens (including phenoxy) is 1. The molecule has 2 rings (SSSR count). The van der Waals surface area contributed by atoms with Crippen molar-refractivity contribution in [3.63, 3.8) is 0 Å². The van der Waals surface area contributed by atoms with Gasteiger partial charge in [-0.1, -0.05) is 30.3 Å². The molecule has 0 spiro atoms. The minimum atomic E-state index is -3.92. The Hall–Kier alpha value is -2.42. The normalized spacial score (nSPS) is 12.7. The number of likely N-dealkylation sites (N-methyl/N-ethyl adjacent to an activating group) is 1. The summed E-state index contributed by atoms with van der Waals surface area (Å²) in [5.74, 6) is -0.161. The summed E-state index contributed by atoms with van der Waals surface area (Å²) in [5, 5.41) is 7.98. The van der Waals surface area contributed by atoms with Crippen LogP contribution in [0.1, 0.15) is 22.0 Å². The molecule has 26 heavy (non-hydrogen) atoms. The Bertz CT molecular complexity index is 867. The second-order valence-electron chi connectivity index (χ2n) is 6.01. The SMILES string of the molecule is COc1ccc(S(N)(=O)=O)cc1C(=O)NCC(c1ccccc1)N(C)C. The van der Waals surface area contributed by atoms with Gasteiger partial charge in [0.2, 0.25) is 10.0 Å². The Balaban J connectivity index is 2.23. The average Bonchev–Trinajstić information content (AvgIpc) is 2.61. The predicted octanol–water partition coefficient (Wildman–Crippen LogP) is 1.38. The van der Waals surface area contributed by atoms with Gasteiger partial charge in [-0.15, -0.1) is 0 Å². The maximum Gasteiger partial charge on any atom is 0.255 e. The number of hydrogen-bond donors (Lipinski definition) is 2. The van der Waals surface area contributed by atoms with Crippen LogP contribution in [-0.2, 0) is 10.0 Å². The van der Waals surface area contributed by atoms with E-state index in [9.17, 15) is 13.2 Å². The lowest BCUT2D eigenvalue weighted by Crippen LogP contribution is -2.34. The van der Waals surface area contributed by atoms with Crippen LogP contribution < -0.4 is 15.2 Å². The molecule has 1 unspecified atom stereocenters. The van der Waals surface area contributed by atoms with Gasteiger partial charge in [0, 0.05) is 6.54 Å². The summed E-state index contributed by atoms with van der Waals surface area (Å²) in [7, 11) is 1.34. The molecule has 140 valence electrons. The molecule has 1 amide bonds. The van der Waals surface area contributed by atoms with Crippen LogP contribution in [0.4, 0.5) is 0 Å². The number of nitrogens with two attached hydrogens (primary N) is 1. The van der Waals surface area contributed by atoms with Gasteiger partial charge >= 0.3 is 0 Å². The van der Waals surface area contributed by atoms with Crippen molar-refractivity contribution >= 4 is 15.9 Å². The van der Waals surface area contributed by atoms with Gasteiger partial charge in [0.05, 0.1) is 23.6 Å². The van der Waals surface area contributed by atoms with Crippen molar-refractivity contribution in [2.45, 2.75) is 10.9 Å².